The van der Waals surface area contributed by atoms with Gasteiger partial charge in [-0.05, 0) is 36.4 Å². The van der Waals surface area contributed by atoms with E-state index in [0.29, 0.717) is 31.3 Å². The molecule has 0 atom stereocenters. The number of benzene rings is 2. The second kappa shape index (κ2) is 7.03. The van der Waals surface area contributed by atoms with Crippen LogP contribution in [0.2, 0.25) is 20.1 Å². The number of nitrogens with zero attached hydrogens (tertiary/aromatic N) is 2. The third kappa shape index (κ3) is 3.68. The van der Waals surface area contributed by atoms with Crippen molar-refractivity contribution in [3.8, 4) is 17.4 Å². The minimum absolute atomic E-state index is 0.155. The molecule has 0 aliphatic rings. The Morgan fingerprint density at radius 3 is 2.33 bits per heavy atom. The van der Waals surface area contributed by atoms with E-state index in [1.807, 2.05) is 0 Å². The largest absolute Gasteiger partial charge is 0.479 e. The van der Waals surface area contributed by atoms with E-state index in [1.54, 1.807) is 24.3 Å². The van der Waals surface area contributed by atoms with Crippen LogP contribution in [0.3, 0.4) is 0 Å². The Morgan fingerprint density at radius 2 is 1.62 bits per heavy atom. The molecule has 0 saturated heterocycles. The summed E-state index contributed by atoms with van der Waals surface area (Å²) < 4.78 is 5.23. The van der Waals surface area contributed by atoms with Gasteiger partial charge in [-0.15, -0.1) is 0 Å². The van der Waals surface area contributed by atoms with Crippen molar-refractivity contribution in [3.63, 3.8) is 0 Å². The third-order valence-corrected chi connectivity index (χ3v) is 4.32. The number of aromatic hydroxyl groups is 1. The minimum Gasteiger partial charge on any atom is -0.479 e. The van der Waals surface area contributed by atoms with Gasteiger partial charge in [0.05, 0.1) is 27.0 Å². The van der Waals surface area contributed by atoms with E-state index >= 15 is 0 Å². The zero-order valence-electron chi connectivity index (χ0n) is 11.8. The van der Waals surface area contributed by atoms with Crippen LogP contribution >= 0.6 is 46.4 Å². The summed E-state index contributed by atoms with van der Waals surface area (Å²) in [5, 5.41) is 11.4. The minimum atomic E-state index is -0.361. The summed E-state index contributed by atoms with van der Waals surface area (Å²) in [5.41, 5.74) is 1.21. The van der Waals surface area contributed by atoms with Crippen molar-refractivity contribution in [2.75, 3.05) is 0 Å². The highest BCUT2D eigenvalue weighted by Crippen LogP contribution is 2.34. The molecule has 0 spiro atoms. The molecule has 24 heavy (non-hydrogen) atoms. The average molecular weight is 402 g/mol. The molecule has 0 fully saturated rings. The summed E-state index contributed by atoms with van der Waals surface area (Å²) in [6.45, 7) is 0. The molecule has 1 N–H and O–H groups in total. The first kappa shape index (κ1) is 17.1. The van der Waals surface area contributed by atoms with Gasteiger partial charge in [-0.1, -0.05) is 46.4 Å². The highest BCUT2D eigenvalue weighted by atomic mass is 35.5. The van der Waals surface area contributed by atoms with E-state index in [4.69, 9.17) is 50.8 Å². The predicted molar refractivity (Wildman–Crippen MR) is 97.3 cm³/mol. The standard InChI is InChI=1S/C16H8Cl4N2O2/c17-9-3-1-8(2-4-9)15-22-14(16(23)24-15)7-21-13-6-11(19)10(18)5-12(13)20/h1-7,23H. The lowest BCUT2D eigenvalue weighted by atomic mass is 10.2. The van der Waals surface area contributed by atoms with Crippen LogP contribution in [-0.2, 0) is 0 Å². The lowest BCUT2D eigenvalue weighted by Crippen LogP contribution is -1.83. The van der Waals surface area contributed by atoms with Gasteiger partial charge in [0.15, 0.2) is 5.69 Å². The van der Waals surface area contributed by atoms with Crippen molar-refractivity contribution in [2.45, 2.75) is 0 Å². The maximum Gasteiger partial charge on any atom is 0.312 e. The van der Waals surface area contributed by atoms with Crippen LogP contribution in [0.25, 0.3) is 11.5 Å². The molecule has 8 heteroatoms. The van der Waals surface area contributed by atoms with Crippen molar-refractivity contribution in [2.24, 2.45) is 4.99 Å². The van der Waals surface area contributed by atoms with Gasteiger partial charge in [-0.25, -0.2) is 4.98 Å². The van der Waals surface area contributed by atoms with Crippen molar-refractivity contribution < 1.29 is 9.52 Å². The normalized spacial score (nSPS) is 11.3. The zero-order valence-corrected chi connectivity index (χ0v) is 14.8. The highest BCUT2D eigenvalue weighted by Gasteiger charge is 2.13. The fraction of sp³-hybridized carbons (Fsp3) is 0. The summed E-state index contributed by atoms with van der Waals surface area (Å²) in [4.78, 5) is 8.34. The van der Waals surface area contributed by atoms with Gasteiger partial charge in [0.1, 0.15) is 0 Å². The Kier molecular flexibility index (Phi) is 5.01. The van der Waals surface area contributed by atoms with E-state index in [2.05, 4.69) is 9.98 Å². The van der Waals surface area contributed by atoms with Gasteiger partial charge < -0.3 is 9.52 Å². The molecule has 1 heterocycles. The number of hydrogen-bond donors (Lipinski definition) is 1. The molecule has 1 aromatic heterocycles. The molecule has 0 unspecified atom stereocenters. The number of halogens is 4. The van der Waals surface area contributed by atoms with Crippen LogP contribution in [0, 0.1) is 0 Å². The molecule has 0 aliphatic carbocycles. The van der Waals surface area contributed by atoms with Crippen molar-refractivity contribution in [1.82, 2.24) is 4.98 Å². The highest BCUT2D eigenvalue weighted by molar-refractivity contribution is 6.44. The fourth-order valence-corrected chi connectivity index (χ4v) is 2.58. The first-order valence-corrected chi connectivity index (χ1v) is 8.09. The first-order valence-electron chi connectivity index (χ1n) is 6.58. The summed E-state index contributed by atoms with van der Waals surface area (Å²) in [6.07, 6.45) is 1.32. The molecule has 2 aromatic carbocycles. The molecule has 0 saturated carbocycles. The van der Waals surface area contributed by atoms with E-state index in [-0.39, 0.29) is 17.5 Å². The van der Waals surface area contributed by atoms with Gasteiger partial charge in [-0.3, -0.25) is 4.99 Å². The fourth-order valence-electron chi connectivity index (χ4n) is 1.87. The molecule has 4 nitrogen and oxygen atoms in total. The molecule has 0 radical (unpaired) electrons. The second-order valence-electron chi connectivity index (χ2n) is 4.69. The second-order valence-corrected chi connectivity index (χ2v) is 6.35. The van der Waals surface area contributed by atoms with Gasteiger partial charge >= 0.3 is 5.95 Å². The SMILES string of the molecule is Oc1oc(-c2ccc(Cl)cc2)nc1C=Nc1cc(Cl)c(Cl)cc1Cl. The Balaban J connectivity index is 1.91. The third-order valence-electron chi connectivity index (χ3n) is 3.04. The molecule has 3 rings (SSSR count). The number of oxazole rings is 1. The molecular formula is C16H8Cl4N2O2. The van der Waals surface area contributed by atoms with Gasteiger partial charge in [0.25, 0.3) is 0 Å². The topological polar surface area (TPSA) is 58.6 Å². The lowest BCUT2D eigenvalue weighted by molar-refractivity contribution is 0.337. The quantitative estimate of drug-likeness (QED) is 0.407. The predicted octanol–water partition coefficient (Wildman–Crippen LogP) is 6.41. The van der Waals surface area contributed by atoms with Crippen LogP contribution in [-0.4, -0.2) is 16.3 Å². The van der Waals surface area contributed by atoms with Crippen LogP contribution in [0.4, 0.5) is 5.69 Å². The molecule has 122 valence electrons. The molecule has 3 aromatic rings. The number of hydrogen-bond acceptors (Lipinski definition) is 4. The Morgan fingerprint density at radius 1 is 0.958 bits per heavy atom. The maximum absolute atomic E-state index is 9.87. The monoisotopic (exact) mass is 400 g/mol. The maximum atomic E-state index is 9.87. The zero-order chi connectivity index (χ0) is 17.3. The summed E-state index contributed by atoms with van der Waals surface area (Å²) in [7, 11) is 0. The van der Waals surface area contributed by atoms with Crippen molar-refractivity contribution in [3.05, 3.63) is 62.2 Å². The van der Waals surface area contributed by atoms with E-state index in [1.165, 1.54) is 18.3 Å². The first-order chi connectivity index (χ1) is 11.4. The Hall–Kier alpha value is -1.72. The number of aromatic nitrogens is 1. The smallest absolute Gasteiger partial charge is 0.312 e. The van der Waals surface area contributed by atoms with Crippen LogP contribution in [0.1, 0.15) is 5.69 Å². The van der Waals surface area contributed by atoms with Crippen molar-refractivity contribution >= 4 is 58.3 Å². The summed E-state index contributed by atoms with van der Waals surface area (Å²) >= 11 is 23.7. The van der Waals surface area contributed by atoms with Crippen LogP contribution < -0.4 is 0 Å². The van der Waals surface area contributed by atoms with Crippen LogP contribution in [0.15, 0.2) is 45.8 Å². The van der Waals surface area contributed by atoms with Crippen molar-refractivity contribution in [1.29, 1.82) is 0 Å². The molecule has 0 aliphatic heterocycles. The van der Waals surface area contributed by atoms with Gasteiger partial charge in [0, 0.05) is 10.6 Å². The van der Waals surface area contributed by atoms with E-state index in [9.17, 15) is 5.11 Å². The summed E-state index contributed by atoms with van der Waals surface area (Å²) in [6, 6.07) is 9.84. The number of rotatable bonds is 3. The Bertz CT molecular complexity index is 921. The Labute approximate surface area is 157 Å². The number of aliphatic imine (C=N–C) groups is 1. The molecule has 0 bridgehead atoms. The molecular weight excluding hydrogens is 394 g/mol. The van der Waals surface area contributed by atoms with E-state index < -0.39 is 0 Å². The molecule has 0 amide bonds. The van der Waals surface area contributed by atoms with E-state index in [0.717, 1.165) is 0 Å². The summed E-state index contributed by atoms with van der Waals surface area (Å²) in [5.74, 6) is -0.120. The van der Waals surface area contributed by atoms with Gasteiger partial charge in [0.2, 0.25) is 5.89 Å². The average Bonchev–Trinajstić information content (AvgIpc) is 2.91. The van der Waals surface area contributed by atoms with Gasteiger partial charge in [-0.2, -0.15) is 0 Å². The van der Waals surface area contributed by atoms with Crippen LogP contribution in [0.5, 0.6) is 5.95 Å². The lowest BCUT2D eigenvalue weighted by Gasteiger charge is -2.00.